The Balaban J connectivity index is 2.01. The third-order valence-electron chi connectivity index (χ3n) is 4.79. The van der Waals surface area contributed by atoms with E-state index < -0.39 is 5.97 Å². The summed E-state index contributed by atoms with van der Waals surface area (Å²) < 4.78 is 17.9. The monoisotopic (exact) mass is 440 g/mol. The average Bonchev–Trinajstić information content (AvgIpc) is 3.13. The summed E-state index contributed by atoms with van der Waals surface area (Å²) >= 11 is 6.15. The summed E-state index contributed by atoms with van der Waals surface area (Å²) in [7, 11) is 3.40. The standard InChI is InChI=1S/C22H21ClN4O4/c1-5-30-22(28)19-15-9-14(23)6-7-17(15)24-21(25-19)16-8-13-10-27(3)26-18(13)12(2)20(16)31-11-29-4/h6-10H,5,11H2,1-4H3. The van der Waals surface area contributed by atoms with Crippen LogP contribution in [0.15, 0.2) is 30.5 Å². The van der Waals surface area contributed by atoms with Gasteiger partial charge in [0.2, 0.25) is 0 Å². The normalized spacial score (nSPS) is 11.3. The van der Waals surface area contributed by atoms with E-state index in [2.05, 4.69) is 15.1 Å². The first kappa shape index (κ1) is 21.0. The maximum Gasteiger partial charge on any atom is 0.357 e. The van der Waals surface area contributed by atoms with Gasteiger partial charge in [-0.3, -0.25) is 4.68 Å². The van der Waals surface area contributed by atoms with Crippen molar-refractivity contribution in [2.75, 3.05) is 20.5 Å². The molecule has 9 heteroatoms. The highest BCUT2D eigenvalue weighted by atomic mass is 35.5. The Morgan fingerprint density at radius 2 is 2.03 bits per heavy atom. The number of fused-ring (bicyclic) bond motifs is 2. The van der Waals surface area contributed by atoms with Crippen molar-refractivity contribution in [2.45, 2.75) is 13.8 Å². The van der Waals surface area contributed by atoms with Gasteiger partial charge >= 0.3 is 5.97 Å². The van der Waals surface area contributed by atoms with Gasteiger partial charge in [0.15, 0.2) is 18.3 Å². The molecule has 0 aliphatic rings. The van der Waals surface area contributed by atoms with Gasteiger partial charge in [0.25, 0.3) is 0 Å². The minimum absolute atomic E-state index is 0.0418. The number of nitrogens with zero attached hydrogens (tertiary/aromatic N) is 4. The lowest BCUT2D eigenvalue weighted by Gasteiger charge is -2.15. The lowest BCUT2D eigenvalue weighted by atomic mass is 10.0. The molecule has 2 aromatic heterocycles. The van der Waals surface area contributed by atoms with Gasteiger partial charge in [0, 0.05) is 41.7 Å². The molecule has 31 heavy (non-hydrogen) atoms. The predicted octanol–water partition coefficient (Wildman–Crippen LogP) is 4.30. The first-order valence-electron chi connectivity index (χ1n) is 9.66. The smallest absolute Gasteiger partial charge is 0.357 e. The number of hydrogen-bond acceptors (Lipinski definition) is 7. The SMILES string of the molecule is CCOC(=O)c1nc(-c2cc3cn(C)nc3c(C)c2OCOC)nc2ccc(Cl)cc12. The van der Waals surface area contributed by atoms with E-state index in [0.29, 0.717) is 33.1 Å². The molecule has 0 amide bonds. The second-order valence-corrected chi connectivity index (χ2v) is 7.38. The van der Waals surface area contributed by atoms with E-state index in [0.717, 1.165) is 16.5 Å². The zero-order valence-electron chi connectivity index (χ0n) is 17.6. The number of carbonyl (C=O) groups excluding carboxylic acids is 1. The molecular weight excluding hydrogens is 420 g/mol. The third-order valence-corrected chi connectivity index (χ3v) is 5.02. The molecule has 0 bridgehead atoms. The van der Waals surface area contributed by atoms with Crippen LogP contribution in [0, 0.1) is 6.92 Å². The number of ether oxygens (including phenoxy) is 3. The number of benzene rings is 2. The summed E-state index contributed by atoms with van der Waals surface area (Å²) in [5.41, 5.74) is 2.96. The maximum absolute atomic E-state index is 12.7. The number of methoxy groups -OCH3 is 1. The molecule has 0 radical (unpaired) electrons. The quantitative estimate of drug-likeness (QED) is 0.326. The Kier molecular flexibility index (Phi) is 5.75. The molecule has 0 aliphatic heterocycles. The van der Waals surface area contributed by atoms with Crippen LogP contribution in [0.1, 0.15) is 23.0 Å². The molecule has 0 fully saturated rings. The number of esters is 1. The summed E-state index contributed by atoms with van der Waals surface area (Å²) in [6.07, 6.45) is 1.90. The van der Waals surface area contributed by atoms with Gasteiger partial charge in [-0.15, -0.1) is 0 Å². The average molecular weight is 441 g/mol. The summed E-state index contributed by atoms with van der Waals surface area (Å²) in [5, 5.41) is 6.41. The topological polar surface area (TPSA) is 88.4 Å². The van der Waals surface area contributed by atoms with Crippen LogP contribution in [0.2, 0.25) is 5.02 Å². The summed E-state index contributed by atoms with van der Waals surface area (Å²) in [6.45, 7) is 3.92. The summed E-state index contributed by atoms with van der Waals surface area (Å²) in [6, 6.07) is 7.02. The fourth-order valence-electron chi connectivity index (χ4n) is 3.48. The lowest BCUT2D eigenvalue weighted by molar-refractivity contribution is 0.0508. The van der Waals surface area contributed by atoms with Gasteiger partial charge < -0.3 is 14.2 Å². The number of halogens is 1. The van der Waals surface area contributed by atoms with Crippen molar-refractivity contribution in [3.8, 4) is 17.1 Å². The number of carbonyl (C=O) groups is 1. The Bertz CT molecular complexity index is 1300. The van der Waals surface area contributed by atoms with E-state index in [1.165, 1.54) is 0 Å². The van der Waals surface area contributed by atoms with E-state index in [-0.39, 0.29) is 19.1 Å². The van der Waals surface area contributed by atoms with Crippen LogP contribution in [-0.2, 0) is 16.5 Å². The Morgan fingerprint density at radius 1 is 1.23 bits per heavy atom. The zero-order chi connectivity index (χ0) is 22.1. The largest absolute Gasteiger partial charge is 0.466 e. The molecule has 2 heterocycles. The molecule has 0 N–H and O–H groups in total. The number of hydrogen-bond donors (Lipinski definition) is 0. The predicted molar refractivity (Wildman–Crippen MR) is 117 cm³/mol. The fourth-order valence-corrected chi connectivity index (χ4v) is 3.65. The third kappa shape index (κ3) is 3.92. The highest BCUT2D eigenvalue weighted by molar-refractivity contribution is 6.31. The van der Waals surface area contributed by atoms with Crippen LogP contribution in [0.3, 0.4) is 0 Å². The van der Waals surface area contributed by atoms with Gasteiger partial charge in [0.05, 0.1) is 23.2 Å². The highest BCUT2D eigenvalue weighted by Gasteiger charge is 2.22. The molecule has 2 aromatic carbocycles. The second kappa shape index (κ2) is 8.49. The van der Waals surface area contributed by atoms with Crippen molar-refractivity contribution >= 4 is 39.4 Å². The van der Waals surface area contributed by atoms with E-state index in [1.54, 1.807) is 36.9 Å². The van der Waals surface area contributed by atoms with Crippen molar-refractivity contribution < 1.29 is 19.0 Å². The lowest BCUT2D eigenvalue weighted by Crippen LogP contribution is -2.10. The van der Waals surface area contributed by atoms with Crippen LogP contribution >= 0.6 is 11.6 Å². The van der Waals surface area contributed by atoms with Gasteiger partial charge in [0.1, 0.15) is 5.75 Å². The molecular formula is C22H21ClN4O4. The Morgan fingerprint density at radius 3 is 2.77 bits per heavy atom. The summed E-state index contributed by atoms with van der Waals surface area (Å²) in [4.78, 5) is 21.9. The van der Waals surface area contributed by atoms with E-state index in [1.807, 2.05) is 26.2 Å². The summed E-state index contributed by atoms with van der Waals surface area (Å²) in [5.74, 6) is 0.325. The van der Waals surface area contributed by atoms with Crippen LogP contribution in [0.25, 0.3) is 33.2 Å². The van der Waals surface area contributed by atoms with Crippen LogP contribution in [-0.4, -0.2) is 46.2 Å². The highest BCUT2D eigenvalue weighted by Crippen LogP contribution is 2.37. The van der Waals surface area contributed by atoms with Gasteiger partial charge in [-0.1, -0.05) is 11.6 Å². The first-order valence-corrected chi connectivity index (χ1v) is 10.0. The molecule has 4 rings (SSSR count). The Hall–Kier alpha value is -3.23. The maximum atomic E-state index is 12.7. The molecule has 0 saturated heterocycles. The molecule has 0 spiro atoms. The van der Waals surface area contributed by atoms with Gasteiger partial charge in [-0.25, -0.2) is 14.8 Å². The molecule has 0 saturated carbocycles. The van der Waals surface area contributed by atoms with Crippen molar-refractivity contribution in [2.24, 2.45) is 7.05 Å². The van der Waals surface area contributed by atoms with Gasteiger partial charge in [-0.2, -0.15) is 5.10 Å². The number of rotatable bonds is 6. The fraction of sp³-hybridized carbons (Fsp3) is 0.273. The molecule has 0 aliphatic carbocycles. The molecule has 0 atom stereocenters. The van der Waals surface area contributed by atoms with E-state index >= 15 is 0 Å². The Labute approximate surface area is 183 Å². The van der Waals surface area contributed by atoms with Gasteiger partial charge in [-0.05, 0) is 38.1 Å². The van der Waals surface area contributed by atoms with Crippen LogP contribution < -0.4 is 4.74 Å². The molecule has 4 aromatic rings. The number of aryl methyl sites for hydroxylation is 2. The first-order chi connectivity index (χ1) is 14.9. The van der Waals surface area contributed by atoms with E-state index in [9.17, 15) is 4.79 Å². The van der Waals surface area contributed by atoms with Crippen LogP contribution in [0.5, 0.6) is 5.75 Å². The van der Waals surface area contributed by atoms with Crippen molar-refractivity contribution in [3.05, 3.63) is 46.7 Å². The zero-order valence-corrected chi connectivity index (χ0v) is 18.4. The van der Waals surface area contributed by atoms with Crippen molar-refractivity contribution in [1.82, 2.24) is 19.7 Å². The second-order valence-electron chi connectivity index (χ2n) is 6.95. The molecule has 160 valence electrons. The van der Waals surface area contributed by atoms with E-state index in [4.69, 9.17) is 25.8 Å². The minimum atomic E-state index is -0.544. The molecule has 8 nitrogen and oxygen atoms in total. The number of aromatic nitrogens is 4. The van der Waals surface area contributed by atoms with Crippen LogP contribution in [0.4, 0.5) is 0 Å². The minimum Gasteiger partial charge on any atom is -0.466 e. The van der Waals surface area contributed by atoms with Crippen molar-refractivity contribution in [3.63, 3.8) is 0 Å². The molecule has 0 unspecified atom stereocenters. The van der Waals surface area contributed by atoms with Crippen molar-refractivity contribution in [1.29, 1.82) is 0 Å².